The van der Waals surface area contributed by atoms with Crippen LogP contribution in [0.15, 0.2) is 0 Å². The highest BCUT2D eigenvalue weighted by molar-refractivity contribution is 8.02. The third-order valence-corrected chi connectivity index (χ3v) is 5.63. The van der Waals surface area contributed by atoms with Gasteiger partial charge >= 0.3 is 5.97 Å². The first kappa shape index (κ1) is 15.7. The topological polar surface area (TPSA) is 66.6 Å². The second-order valence-corrected chi connectivity index (χ2v) is 7.16. The van der Waals surface area contributed by atoms with Gasteiger partial charge in [-0.05, 0) is 46.0 Å². The van der Waals surface area contributed by atoms with Gasteiger partial charge in [-0.1, -0.05) is 12.2 Å². The Morgan fingerprint density at radius 2 is 2.00 bits per heavy atom. The van der Waals surface area contributed by atoms with Gasteiger partial charge in [0.05, 0.1) is 15.2 Å². The Bertz CT molecular complexity index is 337. The van der Waals surface area contributed by atoms with Crippen LogP contribution in [0.4, 0.5) is 0 Å². The fourth-order valence-corrected chi connectivity index (χ4v) is 3.50. The predicted octanol–water partition coefficient (Wildman–Crippen LogP) is 1.58. The lowest BCUT2D eigenvalue weighted by Crippen LogP contribution is -2.51. The molecular weight excluding hydrogens is 268 g/mol. The van der Waals surface area contributed by atoms with Crippen molar-refractivity contribution in [1.82, 2.24) is 4.90 Å². The molecule has 104 valence electrons. The molecule has 0 radical (unpaired) electrons. The standard InChI is InChI=1S/C12H22N2O2S2/c1-11(2,10(15)16)8-14-6-4-12(18-3,5-7-14)9(13)17/h4-8H2,1-3H3,(H2,13,17)(H,15,16). The van der Waals surface area contributed by atoms with Gasteiger partial charge < -0.3 is 15.7 Å². The van der Waals surface area contributed by atoms with Crippen molar-refractivity contribution in [2.45, 2.75) is 31.4 Å². The monoisotopic (exact) mass is 290 g/mol. The predicted molar refractivity (Wildman–Crippen MR) is 80.1 cm³/mol. The maximum absolute atomic E-state index is 11.1. The van der Waals surface area contributed by atoms with E-state index < -0.39 is 11.4 Å². The number of carboxylic acids is 1. The van der Waals surface area contributed by atoms with Crippen LogP contribution >= 0.6 is 24.0 Å². The largest absolute Gasteiger partial charge is 0.481 e. The van der Waals surface area contributed by atoms with Gasteiger partial charge in [0.25, 0.3) is 0 Å². The lowest BCUT2D eigenvalue weighted by Gasteiger charge is -2.41. The third kappa shape index (κ3) is 3.36. The van der Waals surface area contributed by atoms with Crippen LogP contribution in [0, 0.1) is 5.41 Å². The molecule has 4 nitrogen and oxygen atoms in total. The van der Waals surface area contributed by atoms with Crippen molar-refractivity contribution in [1.29, 1.82) is 0 Å². The molecule has 1 heterocycles. The van der Waals surface area contributed by atoms with Crippen molar-refractivity contribution in [2.24, 2.45) is 11.1 Å². The van der Waals surface area contributed by atoms with Crippen LogP contribution in [0.1, 0.15) is 26.7 Å². The molecule has 0 bridgehead atoms. The van der Waals surface area contributed by atoms with Crippen LogP contribution in [-0.2, 0) is 4.79 Å². The number of thiocarbonyl (C=S) groups is 1. The summed E-state index contributed by atoms with van der Waals surface area (Å²) >= 11 is 6.88. The first-order chi connectivity index (χ1) is 8.23. The molecular formula is C12H22N2O2S2. The molecule has 1 saturated heterocycles. The number of aliphatic carboxylic acids is 1. The van der Waals surface area contributed by atoms with E-state index in [4.69, 9.17) is 23.1 Å². The molecule has 1 rings (SSSR count). The van der Waals surface area contributed by atoms with Gasteiger partial charge in [0, 0.05) is 6.54 Å². The molecule has 0 amide bonds. The number of thioether (sulfide) groups is 1. The molecule has 0 unspecified atom stereocenters. The summed E-state index contributed by atoms with van der Waals surface area (Å²) < 4.78 is -0.0980. The van der Waals surface area contributed by atoms with Crippen molar-refractivity contribution in [3.8, 4) is 0 Å². The fraction of sp³-hybridized carbons (Fsp3) is 0.833. The average Bonchev–Trinajstić information content (AvgIpc) is 2.29. The number of nitrogens with zero attached hydrogens (tertiary/aromatic N) is 1. The maximum Gasteiger partial charge on any atom is 0.310 e. The molecule has 0 spiro atoms. The molecule has 3 N–H and O–H groups in total. The quantitative estimate of drug-likeness (QED) is 0.750. The SMILES string of the molecule is CSC1(C(N)=S)CCN(CC(C)(C)C(=O)O)CC1. The molecule has 6 heteroatoms. The summed E-state index contributed by atoms with van der Waals surface area (Å²) in [5, 5.41) is 9.14. The Hall–Kier alpha value is -0.330. The number of carboxylic acid groups (broad SMARTS) is 1. The van der Waals surface area contributed by atoms with Gasteiger partial charge in [0.1, 0.15) is 0 Å². The van der Waals surface area contributed by atoms with E-state index in [-0.39, 0.29) is 4.75 Å². The number of hydrogen-bond acceptors (Lipinski definition) is 4. The van der Waals surface area contributed by atoms with E-state index in [0.29, 0.717) is 11.5 Å². The van der Waals surface area contributed by atoms with E-state index >= 15 is 0 Å². The van der Waals surface area contributed by atoms with E-state index in [9.17, 15) is 4.79 Å². The first-order valence-corrected chi connectivity index (χ1v) is 7.68. The maximum atomic E-state index is 11.1. The summed E-state index contributed by atoms with van der Waals surface area (Å²) in [4.78, 5) is 13.9. The first-order valence-electron chi connectivity index (χ1n) is 6.04. The lowest BCUT2D eigenvalue weighted by molar-refractivity contribution is -0.148. The van der Waals surface area contributed by atoms with Crippen LogP contribution in [0.25, 0.3) is 0 Å². The summed E-state index contributed by atoms with van der Waals surface area (Å²) in [6.07, 6.45) is 3.84. The summed E-state index contributed by atoms with van der Waals surface area (Å²) in [5.74, 6) is -0.751. The Labute approximate surface area is 118 Å². The molecule has 1 aliphatic rings. The van der Waals surface area contributed by atoms with Crippen molar-refractivity contribution in [3.05, 3.63) is 0 Å². The Morgan fingerprint density at radius 1 is 1.50 bits per heavy atom. The van der Waals surface area contributed by atoms with E-state index in [1.165, 1.54) is 0 Å². The summed E-state index contributed by atoms with van der Waals surface area (Å²) in [7, 11) is 0. The Kier molecular flexibility index (Phi) is 5.03. The average molecular weight is 290 g/mol. The molecule has 0 saturated carbocycles. The van der Waals surface area contributed by atoms with Crippen molar-refractivity contribution in [2.75, 3.05) is 25.9 Å². The van der Waals surface area contributed by atoms with Crippen molar-refractivity contribution < 1.29 is 9.90 Å². The van der Waals surface area contributed by atoms with Crippen LogP contribution in [-0.4, -0.2) is 51.6 Å². The van der Waals surface area contributed by atoms with Crippen LogP contribution < -0.4 is 5.73 Å². The molecule has 18 heavy (non-hydrogen) atoms. The van der Waals surface area contributed by atoms with Crippen LogP contribution in [0.5, 0.6) is 0 Å². The zero-order valence-corrected chi connectivity index (χ0v) is 12.9. The van der Waals surface area contributed by atoms with Gasteiger partial charge in [0.2, 0.25) is 0 Å². The van der Waals surface area contributed by atoms with Gasteiger partial charge in [-0.2, -0.15) is 11.8 Å². The molecule has 0 aromatic heterocycles. The van der Waals surface area contributed by atoms with E-state index in [1.807, 2.05) is 6.26 Å². The van der Waals surface area contributed by atoms with Gasteiger partial charge in [-0.25, -0.2) is 0 Å². The molecule has 0 aliphatic carbocycles. The number of rotatable bonds is 5. The van der Waals surface area contributed by atoms with Crippen molar-refractivity contribution >= 4 is 34.9 Å². The van der Waals surface area contributed by atoms with Gasteiger partial charge in [-0.15, -0.1) is 0 Å². The third-order valence-electron chi connectivity index (χ3n) is 3.70. The Balaban J connectivity index is 2.59. The van der Waals surface area contributed by atoms with E-state index in [0.717, 1.165) is 25.9 Å². The second-order valence-electron chi connectivity index (χ2n) is 5.53. The van der Waals surface area contributed by atoms with Gasteiger partial charge in [-0.3, -0.25) is 4.79 Å². The zero-order chi connectivity index (χ0) is 14.0. The normalized spacial score (nSPS) is 20.6. The number of carbonyl (C=O) groups is 1. The molecule has 0 aromatic rings. The highest BCUT2D eigenvalue weighted by Crippen LogP contribution is 2.35. The minimum absolute atomic E-state index is 0.0980. The smallest absolute Gasteiger partial charge is 0.310 e. The Morgan fingerprint density at radius 3 is 2.33 bits per heavy atom. The number of piperidine rings is 1. The molecule has 0 atom stereocenters. The zero-order valence-electron chi connectivity index (χ0n) is 11.2. The van der Waals surface area contributed by atoms with Gasteiger partial charge in [0.15, 0.2) is 0 Å². The molecule has 1 aliphatic heterocycles. The highest BCUT2D eigenvalue weighted by Gasteiger charge is 2.38. The highest BCUT2D eigenvalue weighted by atomic mass is 32.2. The molecule has 1 fully saturated rings. The minimum atomic E-state index is -0.751. The summed E-state index contributed by atoms with van der Waals surface area (Å²) in [5.41, 5.74) is 5.13. The fourth-order valence-electron chi connectivity index (χ4n) is 2.25. The van der Waals surface area contributed by atoms with E-state index in [1.54, 1.807) is 25.6 Å². The number of hydrogen-bond donors (Lipinski definition) is 2. The molecule has 0 aromatic carbocycles. The summed E-state index contributed by atoms with van der Waals surface area (Å²) in [6, 6.07) is 0. The van der Waals surface area contributed by atoms with Crippen LogP contribution in [0.2, 0.25) is 0 Å². The van der Waals surface area contributed by atoms with Crippen LogP contribution in [0.3, 0.4) is 0 Å². The lowest BCUT2D eigenvalue weighted by atomic mass is 9.90. The number of likely N-dealkylation sites (tertiary alicyclic amines) is 1. The number of nitrogens with two attached hydrogens (primary N) is 1. The summed E-state index contributed by atoms with van der Waals surface area (Å²) in [6.45, 7) is 5.81. The minimum Gasteiger partial charge on any atom is -0.481 e. The second kappa shape index (κ2) is 5.75. The van der Waals surface area contributed by atoms with Crippen molar-refractivity contribution in [3.63, 3.8) is 0 Å². The van der Waals surface area contributed by atoms with E-state index in [2.05, 4.69) is 4.90 Å².